The van der Waals surface area contributed by atoms with Gasteiger partial charge in [0.2, 0.25) is 11.8 Å². The molecule has 6 nitrogen and oxygen atoms in total. The highest BCUT2D eigenvalue weighted by Gasteiger charge is 2.21. The van der Waals surface area contributed by atoms with Crippen molar-refractivity contribution in [3.8, 4) is 0 Å². The summed E-state index contributed by atoms with van der Waals surface area (Å²) in [5, 5.41) is 7.90. The monoisotopic (exact) mass is 480 g/mol. The summed E-state index contributed by atoms with van der Waals surface area (Å²) < 4.78 is 1.76. The largest absolute Gasteiger partial charge is 0.322 e. The minimum absolute atomic E-state index is 0.0788. The molecule has 0 spiro atoms. The van der Waals surface area contributed by atoms with E-state index in [9.17, 15) is 9.59 Å². The van der Waals surface area contributed by atoms with Gasteiger partial charge in [0.05, 0.1) is 15.5 Å². The van der Waals surface area contributed by atoms with Crippen molar-refractivity contribution in [2.75, 3.05) is 10.6 Å². The minimum Gasteiger partial charge on any atom is -0.322 e. The number of hydrogen-bond acceptors (Lipinski definition) is 7. The number of rotatable bonds is 8. The molecule has 2 heterocycles. The van der Waals surface area contributed by atoms with Crippen LogP contribution in [-0.2, 0) is 9.59 Å². The third-order valence-corrected chi connectivity index (χ3v) is 7.60. The molecule has 0 saturated carbocycles. The molecular weight excluding hydrogens is 460 g/mol. The number of anilines is 2. The highest BCUT2D eigenvalue weighted by atomic mass is 32.2. The Labute approximate surface area is 197 Å². The van der Waals surface area contributed by atoms with Crippen molar-refractivity contribution >= 4 is 73.4 Å². The van der Waals surface area contributed by atoms with Crippen LogP contribution in [0.4, 0.5) is 10.8 Å². The van der Waals surface area contributed by atoms with Gasteiger partial charge < -0.3 is 10.6 Å². The molecule has 0 aliphatic carbocycles. The molecule has 2 aromatic heterocycles. The van der Waals surface area contributed by atoms with Crippen LogP contribution in [0.25, 0.3) is 16.3 Å². The number of benzene rings is 2. The molecule has 0 fully saturated rings. The topological polar surface area (TPSA) is 84.0 Å². The maximum atomic E-state index is 12.6. The molecule has 2 N–H and O–H groups in total. The van der Waals surface area contributed by atoms with E-state index in [1.165, 1.54) is 40.5 Å². The SMILES string of the molecule is CCC(Sc1nc2ccc(NC(=O)C=Cc3ccccc3)cc2s1)C(=O)Nc1nccs1. The van der Waals surface area contributed by atoms with Gasteiger partial charge >= 0.3 is 0 Å². The van der Waals surface area contributed by atoms with Gasteiger partial charge in [-0.1, -0.05) is 49.0 Å². The predicted molar refractivity (Wildman–Crippen MR) is 134 cm³/mol. The second-order valence-corrected chi connectivity index (χ2v) is 10.1. The Kier molecular flexibility index (Phi) is 7.31. The number of amides is 2. The third kappa shape index (κ3) is 5.82. The lowest BCUT2D eigenvalue weighted by atomic mass is 10.2. The lowest BCUT2D eigenvalue weighted by molar-refractivity contribution is -0.115. The fourth-order valence-electron chi connectivity index (χ4n) is 2.87. The molecule has 1 atom stereocenters. The molecule has 0 bridgehead atoms. The van der Waals surface area contributed by atoms with Gasteiger partial charge in [0.15, 0.2) is 9.47 Å². The van der Waals surface area contributed by atoms with Crippen LogP contribution in [0.1, 0.15) is 18.9 Å². The van der Waals surface area contributed by atoms with Gasteiger partial charge in [0.1, 0.15) is 0 Å². The second-order valence-electron chi connectivity index (χ2n) is 6.74. The maximum absolute atomic E-state index is 12.6. The number of carbonyl (C=O) groups excluding carboxylic acids is 2. The van der Waals surface area contributed by atoms with Crippen molar-refractivity contribution in [2.24, 2.45) is 0 Å². The highest BCUT2D eigenvalue weighted by Crippen LogP contribution is 2.34. The smallest absolute Gasteiger partial charge is 0.248 e. The highest BCUT2D eigenvalue weighted by molar-refractivity contribution is 8.02. The average Bonchev–Trinajstić information content (AvgIpc) is 3.45. The first-order valence-corrected chi connectivity index (χ1v) is 12.5. The number of thiazole rings is 2. The van der Waals surface area contributed by atoms with E-state index in [0.717, 1.165) is 20.1 Å². The summed E-state index contributed by atoms with van der Waals surface area (Å²) in [6, 6.07) is 15.3. The fraction of sp³-hybridized carbons (Fsp3) is 0.130. The average molecular weight is 481 g/mol. The van der Waals surface area contributed by atoms with Gasteiger partial charge in [-0.3, -0.25) is 9.59 Å². The molecule has 32 heavy (non-hydrogen) atoms. The van der Waals surface area contributed by atoms with Crippen LogP contribution in [0.5, 0.6) is 0 Å². The predicted octanol–water partition coefficient (Wildman–Crippen LogP) is 5.91. The van der Waals surface area contributed by atoms with Crippen molar-refractivity contribution < 1.29 is 9.59 Å². The Balaban J connectivity index is 1.41. The number of carbonyl (C=O) groups is 2. The molecule has 9 heteroatoms. The van der Waals surface area contributed by atoms with E-state index in [4.69, 9.17) is 0 Å². The van der Waals surface area contributed by atoms with Crippen molar-refractivity contribution in [2.45, 2.75) is 22.9 Å². The number of aromatic nitrogens is 2. The van der Waals surface area contributed by atoms with Crippen LogP contribution in [0.15, 0.2) is 70.5 Å². The Morgan fingerprint density at radius 1 is 1.16 bits per heavy atom. The summed E-state index contributed by atoms with van der Waals surface area (Å²) in [7, 11) is 0. The Hall–Kier alpha value is -3.01. The quantitative estimate of drug-likeness (QED) is 0.242. The van der Waals surface area contributed by atoms with E-state index >= 15 is 0 Å². The van der Waals surface area contributed by atoms with Crippen LogP contribution in [-0.4, -0.2) is 27.0 Å². The Morgan fingerprint density at radius 2 is 2.00 bits per heavy atom. The second kappa shape index (κ2) is 10.5. The summed E-state index contributed by atoms with van der Waals surface area (Å²) in [6.07, 6.45) is 5.62. The van der Waals surface area contributed by atoms with Crippen LogP contribution in [0, 0.1) is 0 Å². The zero-order valence-corrected chi connectivity index (χ0v) is 19.6. The molecule has 0 aliphatic rings. The number of thioether (sulfide) groups is 1. The molecule has 0 aliphatic heterocycles. The molecule has 0 radical (unpaired) electrons. The van der Waals surface area contributed by atoms with Crippen molar-refractivity contribution in [3.05, 3.63) is 71.7 Å². The van der Waals surface area contributed by atoms with Crippen LogP contribution >= 0.6 is 34.4 Å². The Morgan fingerprint density at radius 3 is 2.75 bits per heavy atom. The van der Waals surface area contributed by atoms with E-state index < -0.39 is 0 Å². The van der Waals surface area contributed by atoms with Gasteiger partial charge in [-0.15, -0.1) is 22.7 Å². The fourth-order valence-corrected chi connectivity index (χ4v) is 5.67. The lowest BCUT2D eigenvalue weighted by Gasteiger charge is -2.11. The zero-order chi connectivity index (χ0) is 22.3. The minimum atomic E-state index is -0.262. The van der Waals surface area contributed by atoms with Crippen molar-refractivity contribution in [3.63, 3.8) is 0 Å². The summed E-state index contributed by atoms with van der Waals surface area (Å²) in [5.41, 5.74) is 2.51. The maximum Gasteiger partial charge on any atom is 0.248 e. The number of fused-ring (bicyclic) bond motifs is 1. The number of hydrogen-bond donors (Lipinski definition) is 2. The van der Waals surface area contributed by atoms with Gasteiger partial charge in [-0.25, -0.2) is 9.97 Å². The summed E-state index contributed by atoms with van der Waals surface area (Å²) in [4.78, 5) is 33.6. The standard InChI is InChI=1S/C23H20N4O2S3/c1-2-18(21(29)27-22-24-12-13-30-22)31-23-26-17-10-9-16(14-19(17)32-23)25-20(28)11-8-15-6-4-3-5-7-15/h3-14,18H,2H2,1H3,(H,25,28)(H,24,27,29). The molecule has 0 saturated heterocycles. The molecule has 4 rings (SSSR count). The van der Waals surface area contributed by atoms with Gasteiger partial charge in [-0.05, 0) is 36.3 Å². The first-order valence-electron chi connectivity index (χ1n) is 9.92. The van der Waals surface area contributed by atoms with Gasteiger partial charge in [0, 0.05) is 23.3 Å². The number of nitrogens with zero attached hydrogens (tertiary/aromatic N) is 2. The molecule has 162 valence electrons. The summed E-state index contributed by atoms with van der Waals surface area (Å²) >= 11 is 4.34. The third-order valence-electron chi connectivity index (χ3n) is 4.43. The van der Waals surface area contributed by atoms with Gasteiger partial charge in [-0.2, -0.15) is 0 Å². The van der Waals surface area contributed by atoms with Crippen molar-refractivity contribution in [1.82, 2.24) is 9.97 Å². The first kappa shape index (κ1) is 22.2. The molecule has 4 aromatic rings. The molecule has 1 unspecified atom stereocenters. The first-order chi connectivity index (χ1) is 15.6. The van der Waals surface area contributed by atoms with E-state index in [1.54, 1.807) is 12.3 Å². The molecular formula is C23H20N4O2S3. The number of nitrogens with one attached hydrogen (secondary N) is 2. The van der Waals surface area contributed by atoms with Crippen molar-refractivity contribution in [1.29, 1.82) is 0 Å². The van der Waals surface area contributed by atoms with Crippen LogP contribution < -0.4 is 10.6 Å². The summed E-state index contributed by atoms with van der Waals surface area (Å²) in [6.45, 7) is 1.98. The van der Waals surface area contributed by atoms with Crippen LogP contribution in [0.2, 0.25) is 0 Å². The van der Waals surface area contributed by atoms with Crippen LogP contribution in [0.3, 0.4) is 0 Å². The lowest BCUT2D eigenvalue weighted by Crippen LogP contribution is -2.24. The van der Waals surface area contributed by atoms with E-state index in [-0.39, 0.29) is 17.1 Å². The van der Waals surface area contributed by atoms with Gasteiger partial charge in [0.25, 0.3) is 0 Å². The van der Waals surface area contributed by atoms with E-state index in [1.807, 2.05) is 60.8 Å². The normalized spacial score (nSPS) is 12.2. The Bertz CT molecular complexity index is 1240. The zero-order valence-electron chi connectivity index (χ0n) is 17.1. The van der Waals surface area contributed by atoms with E-state index in [0.29, 0.717) is 17.2 Å². The molecule has 2 amide bonds. The van der Waals surface area contributed by atoms with E-state index in [2.05, 4.69) is 20.6 Å². The summed E-state index contributed by atoms with van der Waals surface area (Å²) in [5.74, 6) is -0.276. The molecule has 2 aromatic carbocycles.